The molecule has 0 aliphatic heterocycles. The summed E-state index contributed by atoms with van der Waals surface area (Å²) in [5, 5.41) is 8.85. The van der Waals surface area contributed by atoms with E-state index in [9.17, 15) is 4.79 Å². The molecular weight excluding hydrogens is 142 g/mol. The lowest BCUT2D eigenvalue weighted by Gasteiger charge is -2.25. The predicted octanol–water partition coefficient (Wildman–Crippen LogP) is 0.979. The lowest BCUT2D eigenvalue weighted by Crippen LogP contribution is -2.50. The van der Waals surface area contributed by atoms with E-state index in [1.54, 1.807) is 0 Å². The molecule has 3 heteroatoms. The van der Waals surface area contributed by atoms with Gasteiger partial charge in [-0.3, -0.25) is 4.79 Å². The van der Waals surface area contributed by atoms with Crippen molar-refractivity contribution in [1.29, 1.82) is 0 Å². The van der Waals surface area contributed by atoms with E-state index >= 15 is 0 Å². The summed E-state index contributed by atoms with van der Waals surface area (Å²) in [5.41, 5.74) is 4.84. The van der Waals surface area contributed by atoms with Crippen LogP contribution in [0.25, 0.3) is 0 Å². The van der Waals surface area contributed by atoms with E-state index in [0.717, 1.165) is 19.3 Å². The molecule has 1 saturated carbocycles. The van der Waals surface area contributed by atoms with E-state index in [2.05, 4.69) is 0 Å². The minimum Gasteiger partial charge on any atom is -0.480 e. The number of carboxylic acid groups (broad SMARTS) is 1. The lowest BCUT2D eigenvalue weighted by atomic mass is 9.86. The first-order chi connectivity index (χ1) is 5.11. The van der Waals surface area contributed by atoms with Gasteiger partial charge in [-0.1, -0.05) is 19.8 Å². The highest BCUT2D eigenvalue weighted by molar-refractivity contribution is 5.79. The number of nitrogens with two attached hydrogens (primary N) is 1. The second-order valence-electron chi connectivity index (χ2n) is 3.34. The minimum atomic E-state index is -0.922. The minimum absolute atomic E-state index is 0.181. The number of carboxylic acids is 1. The van der Waals surface area contributed by atoms with Gasteiger partial charge in [0.05, 0.1) is 0 Å². The number of hydrogen-bond donors (Lipinski definition) is 2. The van der Waals surface area contributed by atoms with Gasteiger partial charge in [0.15, 0.2) is 0 Å². The first-order valence-electron chi connectivity index (χ1n) is 4.13. The summed E-state index contributed by atoms with van der Waals surface area (Å²) in [5.74, 6) is -0.651. The molecule has 11 heavy (non-hydrogen) atoms. The van der Waals surface area contributed by atoms with E-state index in [1.165, 1.54) is 0 Å². The molecule has 0 aromatic carbocycles. The highest BCUT2D eigenvalue weighted by atomic mass is 16.4. The first kappa shape index (κ1) is 8.53. The van der Waals surface area contributed by atoms with Crippen molar-refractivity contribution in [1.82, 2.24) is 0 Å². The van der Waals surface area contributed by atoms with E-state index in [4.69, 9.17) is 10.8 Å². The van der Waals surface area contributed by atoms with E-state index in [0.29, 0.717) is 6.42 Å². The van der Waals surface area contributed by atoms with Gasteiger partial charge in [0.2, 0.25) is 0 Å². The van der Waals surface area contributed by atoms with Gasteiger partial charge >= 0.3 is 5.97 Å². The molecule has 0 bridgehead atoms. The molecule has 1 aliphatic rings. The maximum absolute atomic E-state index is 10.8. The van der Waals surface area contributed by atoms with Crippen molar-refractivity contribution in [2.75, 3.05) is 0 Å². The van der Waals surface area contributed by atoms with Crippen molar-refractivity contribution in [2.45, 2.75) is 38.1 Å². The van der Waals surface area contributed by atoms with Crippen molar-refractivity contribution in [3.63, 3.8) is 0 Å². The van der Waals surface area contributed by atoms with Crippen LogP contribution in [0.2, 0.25) is 0 Å². The topological polar surface area (TPSA) is 63.3 Å². The molecule has 0 aromatic rings. The van der Waals surface area contributed by atoms with Crippen LogP contribution in [-0.2, 0) is 4.79 Å². The quantitative estimate of drug-likeness (QED) is 0.628. The number of aliphatic carboxylic acids is 1. The monoisotopic (exact) mass is 157 g/mol. The van der Waals surface area contributed by atoms with E-state index < -0.39 is 11.5 Å². The van der Waals surface area contributed by atoms with Gasteiger partial charge in [0.25, 0.3) is 0 Å². The van der Waals surface area contributed by atoms with Crippen LogP contribution in [0.1, 0.15) is 32.6 Å². The van der Waals surface area contributed by atoms with Crippen molar-refractivity contribution >= 4 is 5.97 Å². The summed E-state index contributed by atoms with van der Waals surface area (Å²) in [4.78, 5) is 10.8. The van der Waals surface area contributed by atoms with Crippen molar-refractivity contribution in [2.24, 2.45) is 11.7 Å². The molecule has 1 rings (SSSR count). The molecule has 0 unspecified atom stereocenters. The summed E-state index contributed by atoms with van der Waals surface area (Å²) < 4.78 is 0. The number of carbonyl (C=O) groups is 1. The van der Waals surface area contributed by atoms with Crippen LogP contribution in [-0.4, -0.2) is 16.6 Å². The zero-order valence-electron chi connectivity index (χ0n) is 6.84. The van der Waals surface area contributed by atoms with E-state index in [-0.39, 0.29) is 5.92 Å². The SMILES string of the molecule is CC[C@H]1CCC[C@]1(N)C(=O)O. The third kappa shape index (κ3) is 1.25. The third-order valence-electron chi connectivity index (χ3n) is 2.76. The van der Waals surface area contributed by atoms with Gasteiger partial charge in [0.1, 0.15) is 5.54 Å². The van der Waals surface area contributed by atoms with Crippen LogP contribution in [0.5, 0.6) is 0 Å². The van der Waals surface area contributed by atoms with Crippen LogP contribution >= 0.6 is 0 Å². The Balaban J connectivity index is 2.75. The molecule has 3 N–H and O–H groups in total. The highest BCUT2D eigenvalue weighted by Crippen LogP contribution is 2.35. The summed E-state index contributed by atoms with van der Waals surface area (Å²) in [7, 11) is 0. The van der Waals surface area contributed by atoms with Gasteiger partial charge in [-0.2, -0.15) is 0 Å². The first-order valence-corrected chi connectivity index (χ1v) is 4.13. The van der Waals surface area contributed by atoms with Crippen molar-refractivity contribution in [3.05, 3.63) is 0 Å². The molecule has 0 spiro atoms. The Morgan fingerprint density at radius 1 is 1.82 bits per heavy atom. The predicted molar refractivity (Wildman–Crippen MR) is 42.2 cm³/mol. The average molecular weight is 157 g/mol. The molecule has 1 aliphatic carbocycles. The van der Waals surface area contributed by atoms with E-state index in [1.807, 2.05) is 6.92 Å². The lowest BCUT2D eigenvalue weighted by molar-refractivity contribution is -0.144. The zero-order chi connectivity index (χ0) is 8.48. The Morgan fingerprint density at radius 3 is 2.82 bits per heavy atom. The Hall–Kier alpha value is -0.570. The number of rotatable bonds is 2. The fraction of sp³-hybridized carbons (Fsp3) is 0.875. The summed E-state index contributed by atoms with van der Waals surface area (Å²) in [6.45, 7) is 2.00. The van der Waals surface area contributed by atoms with Crippen molar-refractivity contribution < 1.29 is 9.90 Å². The molecular formula is C8H15NO2. The van der Waals surface area contributed by atoms with Gasteiger partial charge in [-0.25, -0.2) is 0 Å². The zero-order valence-corrected chi connectivity index (χ0v) is 6.84. The normalized spacial score (nSPS) is 37.5. The molecule has 0 saturated heterocycles. The van der Waals surface area contributed by atoms with Crippen LogP contribution in [0.3, 0.4) is 0 Å². The number of hydrogen-bond acceptors (Lipinski definition) is 2. The molecule has 0 amide bonds. The van der Waals surface area contributed by atoms with Crippen LogP contribution < -0.4 is 5.73 Å². The standard InChI is InChI=1S/C8H15NO2/c1-2-6-4-3-5-8(6,9)7(10)11/h6H,2-5,9H2,1H3,(H,10,11)/t6-,8+/m0/s1. The van der Waals surface area contributed by atoms with Crippen LogP contribution in [0.15, 0.2) is 0 Å². The molecule has 0 aromatic heterocycles. The smallest absolute Gasteiger partial charge is 0.323 e. The average Bonchev–Trinajstić information content (AvgIpc) is 2.32. The Kier molecular flexibility index (Phi) is 2.18. The summed E-state index contributed by atoms with van der Waals surface area (Å²) in [6, 6.07) is 0. The molecule has 1 fully saturated rings. The maximum atomic E-state index is 10.8. The highest BCUT2D eigenvalue weighted by Gasteiger charge is 2.44. The summed E-state index contributed by atoms with van der Waals surface area (Å²) >= 11 is 0. The second-order valence-corrected chi connectivity index (χ2v) is 3.34. The van der Waals surface area contributed by atoms with Gasteiger partial charge in [-0.05, 0) is 18.8 Å². The fourth-order valence-corrected chi connectivity index (χ4v) is 1.95. The van der Waals surface area contributed by atoms with Gasteiger partial charge < -0.3 is 10.8 Å². The largest absolute Gasteiger partial charge is 0.480 e. The van der Waals surface area contributed by atoms with Gasteiger partial charge in [-0.15, -0.1) is 0 Å². The third-order valence-corrected chi connectivity index (χ3v) is 2.76. The second kappa shape index (κ2) is 2.81. The summed E-state index contributed by atoms with van der Waals surface area (Å²) in [6.07, 6.45) is 3.45. The Morgan fingerprint density at radius 2 is 2.45 bits per heavy atom. The molecule has 2 atom stereocenters. The Bertz CT molecular complexity index is 169. The Labute approximate surface area is 66.6 Å². The van der Waals surface area contributed by atoms with Crippen LogP contribution in [0.4, 0.5) is 0 Å². The molecule has 3 nitrogen and oxygen atoms in total. The molecule has 0 radical (unpaired) electrons. The van der Waals surface area contributed by atoms with Crippen LogP contribution in [0, 0.1) is 5.92 Å². The fourth-order valence-electron chi connectivity index (χ4n) is 1.95. The van der Waals surface area contributed by atoms with Gasteiger partial charge in [0, 0.05) is 0 Å². The molecule has 64 valence electrons. The molecule has 0 heterocycles. The maximum Gasteiger partial charge on any atom is 0.323 e. The van der Waals surface area contributed by atoms with Crippen molar-refractivity contribution in [3.8, 4) is 0 Å².